The molecule has 6 rings (SSSR count). The van der Waals surface area contributed by atoms with Crippen LogP contribution in [0.15, 0.2) is 78.1 Å². The fourth-order valence-electron chi connectivity index (χ4n) is 5.68. The zero-order valence-electron chi connectivity index (χ0n) is 26.1. The van der Waals surface area contributed by atoms with E-state index in [9.17, 15) is 32.7 Å². The van der Waals surface area contributed by atoms with Gasteiger partial charge in [0.25, 0.3) is 5.56 Å². The predicted octanol–water partition coefficient (Wildman–Crippen LogP) is 6.02. The Labute approximate surface area is 276 Å². The molecule has 1 aliphatic heterocycles. The maximum Gasteiger partial charge on any atom is 0.436 e. The molecular formula is C33H29F3N8O5. The number of anilines is 2. The minimum absolute atomic E-state index is 0.166. The van der Waals surface area contributed by atoms with Gasteiger partial charge in [-0.25, -0.2) is 14.5 Å². The summed E-state index contributed by atoms with van der Waals surface area (Å²) in [5, 5.41) is 21.3. The number of hydrogen-bond donors (Lipinski definition) is 3. The average Bonchev–Trinajstić information content (AvgIpc) is 3.57. The quantitative estimate of drug-likeness (QED) is 0.202. The van der Waals surface area contributed by atoms with E-state index in [1.54, 1.807) is 55.6 Å². The Balaban J connectivity index is 1.42. The number of hydrogen-bond acceptors (Lipinski definition) is 8. The van der Waals surface area contributed by atoms with Crippen molar-refractivity contribution in [2.45, 2.75) is 38.4 Å². The maximum absolute atomic E-state index is 13.8. The molecule has 0 unspecified atom stereocenters. The molecule has 16 heteroatoms. The van der Waals surface area contributed by atoms with E-state index in [0.717, 1.165) is 10.9 Å². The Morgan fingerprint density at radius 1 is 1.04 bits per heavy atom. The highest BCUT2D eigenvalue weighted by molar-refractivity contribution is 5.98. The van der Waals surface area contributed by atoms with Gasteiger partial charge in [-0.05, 0) is 60.9 Å². The van der Waals surface area contributed by atoms with Crippen molar-refractivity contribution in [3.8, 4) is 33.8 Å². The molecule has 1 aliphatic rings. The number of fused-ring (bicyclic) bond motifs is 4. The summed E-state index contributed by atoms with van der Waals surface area (Å²) in [6, 6.07) is 13.6. The van der Waals surface area contributed by atoms with Crippen LogP contribution in [0.4, 0.5) is 29.3 Å². The van der Waals surface area contributed by atoms with E-state index in [0.29, 0.717) is 47.5 Å². The molecule has 49 heavy (non-hydrogen) atoms. The van der Waals surface area contributed by atoms with Gasteiger partial charge in [0, 0.05) is 35.0 Å². The molecule has 2 amide bonds. The molecule has 2 bridgehead atoms. The van der Waals surface area contributed by atoms with Gasteiger partial charge in [-0.15, -0.1) is 5.10 Å². The number of ether oxygens (including phenoxy) is 1. The molecule has 0 saturated heterocycles. The van der Waals surface area contributed by atoms with Gasteiger partial charge in [0.2, 0.25) is 5.91 Å². The van der Waals surface area contributed by atoms with Gasteiger partial charge in [0.15, 0.2) is 5.69 Å². The van der Waals surface area contributed by atoms with E-state index in [1.165, 1.54) is 30.1 Å². The Morgan fingerprint density at radius 3 is 2.57 bits per heavy atom. The fraction of sp³-hybridized carbons (Fsp3) is 0.242. The van der Waals surface area contributed by atoms with Gasteiger partial charge in [-0.2, -0.15) is 13.2 Å². The Morgan fingerprint density at radius 2 is 1.86 bits per heavy atom. The van der Waals surface area contributed by atoms with Crippen LogP contribution in [0, 0.1) is 5.92 Å². The number of aromatic nitrogens is 6. The Hall–Kier alpha value is -6.06. The number of benzene rings is 2. The molecule has 252 valence electrons. The highest BCUT2D eigenvalue weighted by Crippen LogP contribution is 2.35. The van der Waals surface area contributed by atoms with Crippen molar-refractivity contribution in [2.24, 2.45) is 5.92 Å². The number of pyridine rings is 1. The summed E-state index contributed by atoms with van der Waals surface area (Å²) < 4.78 is 47.6. The van der Waals surface area contributed by atoms with Crippen LogP contribution in [0.5, 0.6) is 5.75 Å². The molecule has 2 aromatic carbocycles. The van der Waals surface area contributed by atoms with Crippen LogP contribution >= 0.6 is 0 Å². The number of amides is 2. The van der Waals surface area contributed by atoms with Gasteiger partial charge in [-0.3, -0.25) is 24.5 Å². The zero-order valence-corrected chi connectivity index (χ0v) is 26.1. The molecule has 13 nitrogen and oxygen atoms in total. The van der Waals surface area contributed by atoms with Crippen LogP contribution in [0.3, 0.4) is 0 Å². The predicted molar refractivity (Wildman–Crippen MR) is 172 cm³/mol. The summed E-state index contributed by atoms with van der Waals surface area (Å²) >= 11 is 0. The summed E-state index contributed by atoms with van der Waals surface area (Å²) in [4.78, 5) is 47.4. The summed E-state index contributed by atoms with van der Waals surface area (Å²) in [5.74, 6) is -0.272. The number of rotatable bonds is 5. The van der Waals surface area contributed by atoms with E-state index < -0.39 is 35.5 Å². The van der Waals surface area contributed by atoms with Crippen LogP contribution < -0.4 is 20.9 Å². The minimum Gasteiger partial charge on any atom is -0.497 e. The second-order valence-electron chi connectivity index (χ2n) is 11.4. The molecule has 2 atom stereocenters. The molecule has 0 aliphatic carbocycles. The summed E-state index contributed by atoms with van der Waals surface area (Å²) in [5.41, 5.74) is 1.54. The topological polar surface area (TPSA) is 166 Å². The number of carbonyl (C=O) groups excluding carboxylic acids is 1. The monoisotopic (exact) mass is 674 g/mol. The van der Waals surface area contributed by atoms with E-state index in [-0.39, 0.29) is 28.5 Å². The van der Waals surface area contributed by atoms with Crippen molar-refractivity contribution >= 4 is 23.4 Å². The van der Waals surface area contributed by atoms with Crippen molar-refractivity contribution in [3.63, 3.8) is 0 Å². The third kappa shape index (κ3) is 6.97. The lowest BCUT2D eigenvalue weighted by atomic mass is 9.95. The SMILES string of the molecule is COc1ccc(-n2cc(C(F)(F)F)nn2)c(-c2cc(=O)n([C@H]3CCC[C@@H](C)C(=O)Nc4cc(NC(=O)O)ccc4-c4ccnc3c4)cn2)c1. The number of methoxy groups -OCH3 is 1. The smallest absolute Gasteiger partial charge is 0.436 e. The normalized spacial score (nSPS) is 16.5. The van der Waals surface area contributed by atoms with Crippen molar-refractivity contribution < 1.29 is 32.6 Å². The first-order valence-corrected chi connectivity index (χ1v) is 15.1. The second-order valence-corrected chi connectivity index (χ2v) is 11.4. The molecule has 0 radical (unpaired) electrons. The number of carbonyl (C=O) groups is 2. The lowest BCUT2D eigenvalue weighted by Gasteiger charge is -2.23. The lowest BCUT2D eigenvalue weighted by molar-refractivity contribution is -0.141. The van der Waals surface area contributed by atoms with Crippen LogP contribution in [-0.2, 0) is 11.0 Å². The van der Waals surface area contributed by atoms with E-state index in [2.05, 4.69) is 30.9 Å². The average molecular weight is 675 g/mol. The number of alkyl halides is 3. The molecule has 4 heterocycles. The second kappa shape index (κ2) is 13.2. The third-order valence-electron chi connectivity index (χ3n) is 8.21. The third-order valence-corrected chi connectivity index (χ3v) is 8.21. The first-order chi connectivity index (χ1) is 23.4. The van der Waals surface area contributed by atoms with Crippen molar-refractivity contribution in [1.82, 2.24) is 29.5 Å². The van der Waals surface area contributed by atoms with Gasteiger partial charge in [0.05, 0.1) is 48.4 Å². The van der Waals surface area contributed by atoms with E-state index in [1.807, 2.05) is 0 Å². The molecular weight excluding hydrogens is 645 g/mol. The maximum atomic E-state index is 13.8. The Kier molecular flexibility index (Phi) is 8.86. The van der Waals surface area contributed by atoms with E-state index >= 15 is 0 Å². The number of carboxylic acid groups (broad SMARTS) is 1. The van der Waals surface area contributed by atoms with Crippen LogP contribution in [0.1, 0.15) is 43.6 Å². The van der Waals surface area contributed by atoms with Gasteiger partial charge < -0.3 is 15.2 Å². The zero-order chi connectivity index (χ0) is 34.9. The van der Waals surface area contributed by atoms with Crippen molar-refractivity contribution in [2.75, 3.05) is 17.7 Å². The van der Waals surface area contributed by atoms with Crippen LogP contribution in [0.2, 0.25) is 0 Å². The standard InChI is InChI=1S/C33H29F3N8O5/c1-18-4-3-5-28(26-12-19(10-11-37-26)22-8-6-20(39-32(47)48)13-25(22)40-31(18)46)43-17-38-24(15-30(43)45)23-14-21(49-2)7-9-27(23)44-16-29(41-42-44)33(34,35)36/h6-18,28,39H,3-5H2,1-2H3,(H,40,46)(H,47,48)/t18-,28+/m1/s1. The Bertz CT molecular complexity index is 2110. The highest BCUT2D eigenvalue weighted by atomic mass is 19.4. The number of nitrogens with zero attached hydrogens (tertiary/aromatic N) is 6. The first kappa shape index (κ1) is 32.9. The molecule has 5 aromatic rings. The molecule has 0 saturated carbocycles. The summed E-state index contributed by atoms with van der Waals surface area (Å²) in [7, 11) is 1.43. The van der Waals surface area contributed by atoms with E-state index in [4.69, 9.17) is 4.74 Å². The molecule has 3 aromatic heterocycles. The minimum atomic E-state index is -4.70. The largest absolute Gasteiger partial charge is 0.497 e. The van der Waals surface area contributed by atoms with Crippen LogP contribution in [-0.4, -0.2) is 53.7 Å². The summed E-state index contributed by atoms with van der Waals surface area (Å²) in [6.45, 7) is 1.79. The molecule has 3 N–H and O–H groups in total. The lowest BCUT2D eigenvalue weighted by Crippen LogP contribution is -2.27. The number of nitrogens with one attached hydrogen (secondary N) is 2. The van der Waals surface area contributed by atoms with Crippen molar-refractivity contribution in [1.29, 1.82) is 0 Å². The van der Waals surface area contributed by atoms with Gasteiger partial charge in [-0.1, -0.05) is 24.6 Å². The van der Waals surface area contributed by atoms with Crippen molar-refractivity contribution in [3.05, 3.63) is 95.1 Å². The van der Waals surface area contributed by atoms with Crippen LogP contribution in [0.25, 0.3) is 28.1 Å². The molecule has 0 fully saturated rings. The highest BCUT2D eigenvalue weighted by Gasteiger charge is 2.35. The fourth-order valence-corrected chi connectivity index (χ4v) is 5.68. The van der Waals surface area contributed by atoms with Gasteiger partial charge >= 0.3 is 12.3 Å². The molecule has 0 spiro atoms. The first-order valence-electron chi connectivity index (χ1n) is 15.1. The summed E-state index contributed by atoms with van der Waals surface area (Å²) in [6.07, 6.45) is -0.787. The number of halogens is 3. The van der Waals surface area contributed by atoms with Gasteiger partial charge in [0.1, 0.15) is 5.75 Å².